The molecule has 2 aromatic carbocycles. The van der Waals surface area contributed by atoms with Gasteiger partial charge in [0.25, 0.3) is 0 Å². The van der Waals surface area contributed by atoms with Gasteiger partial charge in [0.1, 0.15) is 0 Å². The molecule has 0 aromatic heterocycles. The molecule has 0 N–H and O–H groups in total. The van der Waals surface area contributed by atoms with Crippen LogP contribution >= 0.6 is 15.9 Å². The molecule has 0 saturated carbocycles. The van der Waals surface area contributed by atoms with Crippen LogP contribution in [0.4, 0.5) is 4.79 Å². The Kier molecular flexibility index (Phi) is 7.01. The predicted molar refractivity (Wildman–Crippen MR) is 98.1 cm³/mol. The zero-order valence-electron chi connectivity index (χ0n) is 14.1. The zero-order chi connectivity index (χ0) is 18.2. The quantitative estimate of drug-likeness (QED) is 0.512. The second-order valence-electron chi connectivity index (χ2n) is 5.16. The topological polar surface area (TPSA) is 55.8 Å². The Balaban J connectivity index is 2.29. The highest BCUT2D eigenvalue weighted by molar-refractivity contribution is 9.10. The Bertz CT molecular complexity index is 703. The van der Waals surface area contributed by atoms with Crippen molar-refractivity contribution in [3.63, 3.8) is 0 Å². The lowest BCUT2D eigenvalue weighted by molar-refractivity contribution is -0.0298. The lowest BCUT2D eigenvalue weighted by Crippen LogP contribution is -2.37. The molecule has 132 valence electrons. The van der Waals surface area contributed by atoms with Crippen molar-refractivity contribution in [1.82, 2.24) is 4.90 Å². The number of nitrogens with zero attached hydrogens (tertiary/aromatic N) is 1. The Hall–Kier alpha value is -2.34. The summed E-state index contributed by atoms with van der Waals surface area (Å²) < 4.78 is 11.6. The van der Waals surface area contributed by atoms with Crippen LogP contribution in [-0.4, -0.2) is 30.1 Å². The molecule has 1 amide bonds. The summed E-state index contributed by atoms with van der Waals surface area (Å²) in [5.41, 5.74) is 1.10. The Morgan fingerprint density at radius 1 is 1.04 bits per heavy atom. The number of amides is 1. The van der Waals surface area contributed by atoms with Crippen LogP contribution in [-0.2, 0) is 9.47 Å². The lowest BCUT2D eigenvalue weighted by atomic mass is 10.1. The molecular formula is C19H20BrNO4. The molecule has 25 heavy (non-hydrogen) atoms. The van der Waals surface area contributed by atoms with Gasteiger partial charge in [0.15, 0.2) is 0 Å². The number of benzene rings is 2. The average molecular weight is 406 g/mol. The molecule has 1 atom stereocenters. The Labute approximate surface area is 155 Å². The van der Waals surface area contributed by atoms with E-state index in [1.165, 1.54) is 4.90 Å². The molecule has 0 fully saturated rings. The minimum Gasteiger partial charge on any atom is -0.450 e. The van der Waals surface area contributed by atoms with Crippen LogP contribution in [0, 0.1) is 0 Å². The van der Waals surface area contributed by atoms with Crippen molar-refractivity contribution in [1.29, 1.82) is 0 Å². The maximum atomic E-state index is 12.5. The number of carbonyl (C=O) groups is 2. The maximum absolute atomic E-state index is 12.5. The fourth-order valence-corrected chi connectivity index (χ4v) is 2.55. The fourth-order valence-electron chi connectivity index (χ4n) is 2.28. The van der Waals surface area contributed by atoms with Gasteiger partial charge in [0.05, 0.1) is 12.2 Å². The van der Waals surface area contributed by atoms with E-state index >= 15 is 0 Å². The van der Waals surface area contributed by atoms with Gasteiger partial charge in [0, 0.05) is 16.6 Å². The first kappa shape index (κ1) is 19.0. The molecule has 0 aliphatic carbocycles. The predicted octanol–water partition coefficient (Wildman–Crippen LogP) is 4.78. The minimum absolute atomic E-state index is 0.248. The van der Waals surface area contributed by atoms with E-state index in [0.29, 0.717) is 17.7 Å². The van der Waals surface area contributed by atoms with Crippen molar-refractivity contribution in [2.24, 2.45) is 0 Å². The van der Waals surface area contributed by atoms with Crippen molar-refractivity contribution in [3.8, 4) is 0 Å². The summed E-state index contributed by atoms with van der Waals surface area (Å²) in [6.07, 6.45) is -1.39. The van der Waals surface area contributed by atoms with Gasteiger partial charge < -0.3 is 9.47 Å². The van der Waals surface area contributed by atoms with Crippen LogP contribution in [0.2, 0.25) is 0 Å². The largest absolute Gasteiger partial charge is 0.450 e. The number of hydrogen-bond donors (Lipinski definition) is 0. The molecule has 0 radical (unpaired) electrons. The molecule has 2 rings (SSSR count). The first-order valence-corrected chi connectivity index (χ1v) is 8.81. The van der Waals surface area contributed by atoms with Gasteiger partial charge in [-0.3, -0.25) is 4.90 Å². The summed E-state index contributed by atoms with van der Waals surface area (Å²) in [6.45, 7) is 4.13. The summed E-state index contributed by atoms with van der Waals surface area (Å²) in [7, 11) is 0. The third-order valence-corrected chi connectivity index (χ3v) is 4.04. The Morgan fingerprint density at radius 2 is 1.68 bits per heavy atom. The van der Waals surface area contributed by atoms with Gasteiger partial charge in [-0.1, -0.05) is 46.3 Å². The summed E-state index contributed by atoms with van der Waals surface area (Å²) >= 11 is 3.33. The summed E-state index contributed by atoms with van der Waals surface area (Å²) in [4.78, 5) is 26.2. The molecule has 5 nitrogen and oxygen atoms in total. The minimum atomic E-state index is -0.860. The molecule has 0 saturated heterocycles. The normalized spacial score (nSPS) is 11.5. The number of ether oxygens (including phenoxy) is 2. The number of hydrogen-bond acceptors (Lipinski definition) is 4. The van der Waals surface area contributed by atoms with Crippen molar-refractivity contribution in [2.45, 2.75) is 20.1 Å². The van der Waals surface area contributed by atoms with E-state index in [1.807, 2.05) is 18.2 Å². The molecule has 6 heteroatoms. The summed E-state index contributed by atoms with van der Waals surface area (Å²) in [6, 6.07) is 16.0. The van der Waals surface area contributed by atoms with Crippen LogP contribution in [0.1, 0.15) is 36.0 Å². The molecule has 0 heterocycles. The van der Waals surface area contributed by atoms with E-state index in [9.17, 15) is 9.59 Å². The smallest absolute Gasteiger partial charge is 0.412 e. The van der Waals surface area contributed by atoms with Gasteiger partial charge >= 0.3 is 12.1 Å². The average Bonchev–Trinajstić information content (AvgIpc) is 2.63. The first-order chi connectivity index (χ1) is 12.1. The van der Waals surface area contributed by atoms with Crippen molar-refractivity contribution in [3.05, 3.63) is 70.2 Å². The molecular weight excluding hydrogens is 386 g/mol. The number of halogens is 1. The van der Waals surface area contributed by atoms with E-state index in [1.54, 1.807) is 50.2 Å². The van der Waals surface area contributed by atoms with Crippen molar-refractivity contribution < 1.29 is 19.1 Å². The van der Waals surface area contributed by atoms with Crippen LogP contribution in [0.3, 0.4) is 0 Å². The van der Waals surface area contributed by atoms with Gasteiger partial charge in [-0.25, -0.2) is 9.59 Å². The highest BCUT2D eigenvalue weighted by atomic mass is 79.9. The molecule has 0 bridgehead atoms. The standard InChI is InChI=1S/C19H20BrNO4/c1-3-21(19(23)24-4-2)17(14-8-6-5-7-9-14)25-18(22)15-10-12-16(20)13-11-15/h5-13,17H,3-4H2,1-2H3. The SMILES string of the molecule is CCOC(=O)N(CC)C(OC(=O)c1ccc(Br)cc1)c1ccccc1. The van der Waals surface area contributed by atoms with Crippen LogP contribution in [0.5, 0.6) is 0 Å². The second kappa shape index (κ2) is 9.22. The molecule has 1 unspecified atom stereocenters. The fraction of sp³-hybridized carbons (Fsp3) is 0.263. The number of carbonyl (C=O) groups excluding carboxylic acids is 2. The molecule has 2 aromatic rings. The third-order valence-electron chi connectivity index (χ3n) is 3.51. The van der Waals surface area contributed by atoms with Crippen LogP contribution in [0.25, 0.3) is 0 Å². The molecule has 0 spiro atoms. The third kappa shape index (κ3) is 5.06. The van der Waals surface area contributed by atoms with E-state index in [-0.39, 0.29) is 6.61 Å². The molecule has 0 aliphatic heterocycles. The van der Waals surface area contributed by atoms with E-state index in [2.05, 4.69) is 15.9 Å². The van der Waals surface area contributed by atoms with Gasteiger partial charge in [-0.15, -0.1) is 0 Å². The van der Waals surface area contributed by atoms with E-state index in [4.69, 9.17) is 9.47 Å². The van der Waals surface area contributed by atoms with E-state index < -0.39 is 18.3 Å². The number of rotatable bonds is 6. The maximum Gasteiger partial charge on any atom is 0.412 e. The van der Waals surface area contributed by atoms with Crippen molar-refractivity contribution in [2.75, 3.05) is 13.2 Å². The van der Waals surface area contributed by atoms with Crippen LogP contribution < -0.4 is 0 Å². The lowest BCUT2D eigenvalue weighted by Gasteiger charge is -2.29. The summed E-state index contributed by atoms with van der Waals surface area (Å²) in [5.74, 6) is -0.510. The second-order valence-corrected chi connectivity index (χ2v) is 6.08. The van der Waals surface area contributed by atoms with Gasteiger partial charge in [0.2, 0.25) is 6.23 Å². The highest BCUT2D eigenvalue weighted by Crippen LogP contribution is 2.25. The van der Waals surface area contributed by atoms with Gasteiger partial charge in [-0.05, 0) is 38.1 Å². The van der Waals surface area contributed by atoms with Crippen LogP contribution in [0.15, 0.2) is 59.1 Å². The summed E-state index contributed by atoms with van der Waals surface area (Å²) in [5, 5.41) is 0. The highest BCUT2D eigenvalue weighted by Gasteiger charge is 2.28. The van der Waals surface area contributed by atoms with E-state index in [0.717, 1.165) is 4.47 Å². The van der Waals surface area contributed by atoms with Crippen molar-refractivity contribution >= 4 is 28.0 Å². The first-order valence-electron chi connectivity index (χ1n) is 8.01. The Morgan fingerprint density at radius 3 is 2.24 bits per heavy atom. The molecule has 0 aliphatic rings. The number of esters is 1. The zero-order valence-corrected chi connectivity index (χ0v) is 15.7. The monoisotopic (exact) mass is 405 g/mol. The van der Waals surface area contributed by atoms with Gasteiger partial charge in [-0.2, -0.15) is 0 Å².